The molecule has 4 rings (SSSR count). The van der Waals surface area contributed by atoms with Crippen LogP contribution in [0.5, 0.6) is 11.5 Å². The van der Waals surface area contributed by atoms with Crippen molar-refractivity contribution in [1.82, 2.24) is 4.90 Å². The van der Waals surface area contributed by atoms with Gasteiger partial charge in [0.05, 0.1) is 11.4 Å². The molecule has 1 amide bonds. The Morgan fingerprint density at radius 2 is 1.60 bits per heavy atom. The van der Waals surface area contributed by atoms with Crippen molar-refractivity contribution in [3.63, 3.8) is 0 Å². The fraction of sp³-hybridized carbons (Fsp3) is 0.381. The number of amides is 1. The van der Waals surface area contributed by atoms with E-state index in [1.165, 1.54) is 0 Å². The number of nitrogens with one attached hydrogen (secondary N) is 1. The Bertz CT molecular complexity index is 869. The summed E-state index contributed by atoms with van der Waals surface area (Å²) < 4.78 is 10.6. The zero-order valence-electron chi connectivity index (χ0n) is 17.1. The minimum atomic E-state index is -0.207. The molecule has 9 heteroatoms. The van der Waals surface area contributed by atoms with Crippen LogP contribution in [0.1, 0.15) is 24.2 Å². The Morgan fingerprint density at radius 1 is 1.00 bits per heavy atom. The summed E-state index contributed by atoms with van der Waals surface area (Å²) in [7, 11) is 0. The molecule has 0 radical (unpaired) electrons. The van der Waals surface area contributed by atoms with E-state index in [2.05, 4.69) is 29.0 Å². The summed E-state index contributed by atoms with van der Waals surface area (Å²) in [6.07, 6.45) is 0. The first-order chi connectivity index (χ1) is 13.5. The van der Waals surface area contributed by atoms with Crippen LogP contribution in [0, 0.1) is 0 Å². The Morgan fingerprint density at radius 3 is 2.20 bits per heavy atom. The number of hydrogen-bond acceptors (Lipinski definition) is 6. The van der Waals surface area contributed by atoms with E-state index in [0.29, 0.717) is 34.5 Å². The number of halogens is 2. The highest BCUT2D eigenvalue weighted by molar-refractivity contribution is 6.06. The van der Waals surface area contributed by atoms with E-state index >= 15 is 0 Å². The van der Waals surface area contributed by atoms with Crippen LogP contribution in [0.25, 0.3) is 0 Å². The van der Waals surface area contributed by atoms with Gasteiger partial charge in [-0.25, -0.2) is 0 Å². The number of rotatable bonds is 4. The second-order valence-corrected chi connectivity index (χ2v) is 7.41. The summed E-state index contributed by atoms with van der Waals surface area (Å²) in [6.45, 7) is 8.74. The topological polar surface area (TPSA) is 80.1 Å². The zero-order valence-corrected chi connectivity index (χ0v) is 18.7. The average molecular weight is 455 g/mol. The number of benzene rings is 2. The Kier molecular flexibility index (Phi) is 8.06. The van der Waals surface area contributed by atoms with Crippen molar-refractivity contribution in [1.29, 1.82) is 0 Å². The standard InChI is InChI=1S/C21H26N4O3.2ClH/c1-14(2)24-7-9-25(10-8-24)16-5-3-15(4-6-16)21(26)23-18-12-20-19(11-17(18)22)27-13-28-20;;/h3-6,11-12,14H,7-10,13,22H2,1-2H3,(H,23,26);2*1H. The van der Waals surface area contributed by atoms with Gasteiger partial charge >= 0.3 is 0 Å². The Hall–Kier alpha value is -2.35. The number of fused-ring (bicyclic) bond motifs is 1. The van der Waals surface area contributed by atoms with E-state index in [1.807, 2.05) is 24.3 Å². The summed E-state index contributed by atoms with van der Waals surface area (Å²) in [5.41, 5.74) is 8.70. The van der Waals surface area contributed by atoms with Gasteiger partial charge < -0.3 is 25.4 Å². The highest BCUT2D eigenvalue weighted by atomic mass is 35.5. The minimum Gasteiger partial charge on any atom is -0.454 e. The van der Waals surface area contributed by atoms with E-state index in [-0.39, 0.29) is 37.5 Å². The third kappa shape index (κ3) is 5.03. The highest BCUT2D eigenvalue weighted by Gasteiger charge is 2.20. The molecule has 2 aromatic rings. The lowest BCUT2D eigenvalue weighted by Gasteiger charge is -2.38. The molecule has 2 aliphatic rings. The van der Waals surface area contributed by atoms with Crippen molar-refractivity contribution in [2.75, 3.05) is 48.9 Å². The number of hydrogen-bond donors (Lipinski definition) is 2. The minimum absolute atomic E-state index is 0. The molecule has 1 fully saturated rings. The summed E-state index contributed by atoms with van der Waals surface area (Å²) in [4.78, 5) is 17.5. The number of piperazine rings is 1. The predicted octanol–water partition coefficient (Wildman–Crippen LogP) is 3.62. The van der Waals surface area contributed by atoms with E-state index in [0.717, 1.165) is 31.9 Å². The Labute approximate surface area is 189 Å². The molecule has 164 valence electrons. The number of nitrogens with two attached hydrogens (primary N) is 1. The van der Waals surface area contributed by atoms with Crippen LogP contribution < -0.4 is 25.4 Å². The monoisotopic (exact) mass is 454 g/mol. The van der Waals surface area contributed by atoms with Crippen LogP contribution in [0.3, 0.4) is 0 Å². The van der Waals surface area contributed by atoms with E-state index in [1.54, 1.807) is 12.1 Å². The van der Waals surface area contributed by atoms with Crippen LogP contribution in [0.15, 0.2) is 36.4 Å². The van der Waals surface area contributed by atoms with Gasteiger partial charge in [-0.3, -0.25) is 9.69 Å². The van der Waals surface area contributed by atoms with Gasteiger partial charge in [0.1, 0.15) is 0 Å². The first-order valence-electron chi connectivity index (χ1n) is 9.61. The van der Waals surface area contributed by atoms with Gasteiger partial charge in [-0.2, -0.15) is 0 Å². The molecule has 0 spiro atoms. The molecule has 2 aromatic carbocycles. The quantitative estimate of drug-likeness (QED) is 0.686. The smallest absolute Gasteiger partial charge is 0.255 e. The molecule has 30 heavy (non-hydrogen) atoms. The third-order valence-electron chi connectivity index (χ3n) is 5.33. The fourth-order valence-electron chi connectivity index (χ4n) is 3.58. The maximum Gasteiger partial charge on any atom is 0.255 e. The highest BCUT2D eigenvalue weighted by Crippen LogP contribution is 2.38. The van der Waals surface area contributed by atoms with Crippen molar-refractivity contribution in [3.05, 3.63) is 42.0 Å². The van der Waals surface area contributed by atoms with Crippen molar-refractivity contribution < 1.29 is 14.3 Å². The summed E-state index contributed by atoms with van der Waals surface area (Å²) >= 11 is 0. The van der Waals surface area contributed by atoms with Crippen LogP contribution in [0.4, 0.5) is 17.1 Å². The molecule has 3 N–H and O–H groups in total. The summed E-state index contributed by atoms with van der Waals surface area (Å²) in [5, 5.41) is 2.85. The molecule has 7 nitrogen and oxygen atoms in total. The van der Waals surface area contributed by atoms with Gasteiger partial charge in [-0.15, -0.1) is 24.8 Å². The summed E-state index contributed by atoms with van der Waals surface area (Å²) in [6, 6.07) is 11.6. The normalized spacial score (nSPS) is 15.4. The number of carbonyl (C=O) groups is 1. The first kappa shape index (κ1) is 23.9. The largest absolute Gasteiger partial charge is 0.454 e. The SMILES string of the molecule is CC(C)N1CCN(c2ccc(C(=O)Nc3cc4c(cc3N)OCO4)cc2)CC1.Cl.Cl. The number of ether oxygens (including phenoxy) is 2. The lowest BCUT2D eigenvalue weighted by atomic mass is 10.1. The molecule has 0 unspecified atom stereocenters. The van der Waals surface area contributed by atoms with Gasteiger partial charge in [0.25, 0.3) is 5.91 Å². The number of anilines is 3. The first-order valence-corrected chi connectivity index (χ1v) is 9.61. The number of carbonyl (C=O) groups excluding carboxylic acids is 1. The molecule has 0 bridgehead atoms. The van der Waals surface area contributed by atoms with Crippen LogP contribution in [-0.2, 0) is 0 Å². The fourth-order valence-corrected chi connectivity index (χ4v) is 3.58. The van der Waals surface area contributed by atoms with E-state index in [4.69, 9.17) is 15.2 Å². The molecular formula is C21H28Cl2N4O3. The molecule has 2 aliphatic heterocycles. The van der Waals surface area contributed by atoms with Crippen molar-refractivity contribution in [2.45, 2.75) is 19.9 Å². The van der Waals surface area contributed by atoms with Crippen LogP contribution in [-0.4, -0.2) is 49.8 Å². The van der Waals surface area contributed by atoms with E-state index in [9.17, 15) is 4.79 Å². The predicted molar refractivity (Wildman–Crippen MR) is 125 cm³/mol. The van der Waals surface area contributed by atoms with Gasteiger partial charge in [0.2, 0.25) is 6.79 Å². The Balaban J connectivity index is 0.00000160. The molecule has 2 heterocycles. The van der Waals surface area contributed by atoms with Gasteiger partial charge in [-0.1, -0.05) is 0 Å². The van der Waals surface area contributed by atoms with Crippen LogP contribution >= 0.6 is 24.8 Å². The maximum absolute atomic E-state index is 12.6. The summed E-state index contributed by atoms with van der Waals surface area (Å²) in [5.74, 6) is 0.972. The van der Waals surface area contributed by atoms with Crippen molar-refractivity contribution in [2.24, 2.45) is 0 Å². The van der Waals surface area contributed by atoms with Gasteiger partial charge in [-0.05, 0) is 38.1 Å². The maximum atomic E-state index is 12.6. The number of nitrogens with zero attached hydrogens (tertiary/aromatic N) is 2. The zero-order chi connectivity index (χ0) is 19.7. The molecule has 0 aliphatic carbocycles. The lowest BCUT2D eigenvalue weighted by Crippen LogP contribution is -2.48. The average Bonchev–Trinajstić information content (AvgIpc) is 3.15. The van der Waals surface area contributed by atoms with Gasteiger partial charge in [0.15, 0.2) is 11.5 Å². The molecule has 0 atom stereocenters. The molecule has 0 saturated carbocycles. The van der Waals surface area contributed by atoms with E-state index < -0.39 is 0 Å². The molecule has 0 aromatic heterocycles. The number of nitrogen functional groups attached to an aromatic ring is 1. The lowest BCUT2D eigenvalue weighted by molar-refractivity contribution is 0.102. The van der Waals surface area contributed by atoms with Gasteiger partial charge in [0, 0.05) is 55.6 Å². The third-order valence-corrected chi connectivity index (χ3v) is 5.33. The second-order valence-electron chi connectivity index (χ2n) is 7.41. The molecular weight excluding hydrogens is 427 g/mol. The van der Waals surface area contributed by atoms with Crippen molar-refractivity contribution in [3.8, 4) is 11.5 Å². The second kappa shape index (κ2) is 10.1. The van der Waals surface area contributed by atoms with Crippen LogP contribution in [0.2, 0.25) is 0 Å². The van der Waals surface area contributed by atoms with Crippen molar-refractivity contribution >= 4 is 47.8 Å². The molecule has 1 saturated heterocycles.